The van der Waals surface area contributed by atoms with Gasteiger partial charge < -0.3 is 9.84 Å². The van der Waals surface area contributed by atoms with Gasteiger partial charge in [-0.3, -0.25) is 4.79 Å². The molecule has 158 valence electrons. The molecule has 0 amide bonds. The van der Waals surface area contributed by atoms with Gasteiger partial charge >= 0.3 is 5.97 Å². The first-order valence-corrected chi connectivity index (χ1v) is 11.3. The highest BCUT2D eigenvalue weighted by Crippen LogP contribution is 2.15. The molecule has 0 spiro atoms. The molecule has 1 atom stereocenters. The molecule has 0 bridgehead atoms. The predicted molar refractivity (Wildman–Crippen MR) is 117 cm³/mol. The van der Waals surface area contributed by atoms with Crippen molar-refractivity contribution in [2.45, 2.75) is 103 Å². The number of aliphatic hydroxyl groups is 1. The van der Waals surface area contributed by atoms with Crippen molar-refractivity contribution in [3.05, 3.63) is 48.0 Å². The van der Waals surface area contributed by atoms with Gasteiger partial charge in [-0.25, -0.2) is 0 Å². The zero-order chi connectivity index (χ0) is 20.3. The molecule has 0 radical (unpaired) electrons. The van der Waals surface area contributed by atoms with Crippen molar-refractivity contribution in [1.82, 2.24) is 0 Å². The highest BCUT2D eigenvalue weighted by atomic mass is 16.6. The Morgan fingerprint density at radius 1 is 0.857 bits per heavy atom. The van der Waals surface area contributed by atoms with Crippen molar-refractivity contribution in [3.8, 4) is 0 Å². The van der Waals surface area contributed by atoms with E-state index in [4.69, 9.17) is 4.74 Å². The van der Waals surface area contributed by atoms with Gasteiger partial charge in [0.2, 0.25) is 6.29 Å². The summed E-state index contributed by atoms with van der Waals surface area (Å²) >= 11 is 0. The van der Waals surface area contributed by atoms with Gasteiger partial charge in [-0.2, -0.15) is 0 Å². The van der Waals surface area contributed by atoms with Crippen LogP contribution in [0.1, 0.15) is 109 Å². The Morgan fingerprint density at radius 2 is 1.39 bits per heavy atom. The third-order valence-corrected chi connectivity index (χ3v) is 4.97. The molecule has 0 heterocycles. The Labute approximate surface area is 172 Å². The van der Waals surface area contributed by atoms with Crippen molar-refractivity contribution >= 4 is 5.97 Å². The summed E-state index contributed by atoms with van der Waals surface area (Å²) in [6, 6.07) is 9.00. The van der Waals surface area contributed by atoms with Gasteiger partial charge in [-0.05, 0) is 32.1 Å². The minimum absolute atomic E-state index is 0.325. The number of esters is 1. The molecule has 0 aliphatic carbocycles. The Kier molecular flexibility index (Phi) is 15.3. The second-order valence-electron chi connectivity index (χ2n) is 7.59. The summed E-state index contributed by atoms with van der Waals surface area (Å²) < 4.78 is 5.06. The lowest BCUT2D eigenvalue weighted by Gasteiger charge is -2.12. The van der Waals surface area contributed by atoms with Crippen LogP contribution in [0.4, 0.5) is 0 Å². The SMILES string of the molecule is CCCCCCCC/C=C\CCCCCCCC(=O)OC(O)c1ccccc1. The second-order valence-corrected chi connectivity index (χ2v) is 7.59. The summed E-state index contributed by atoms with van der Waals surface area (Å²) in [5.74, 6) is -0.325. The third-order valence-electron chi connectivity index (χ3n) is 4.97. The Hall–Kier alpha value is -1.61. The molecule has 1 aromatic rings. The average molecular weight is 389 g/mol. The quantitative estimate of drug-likeness (QED) is 0.132. The van der Waals surface area contributed by atoms with Gasteiger partial charge in [0.05, 0.1) is 0 Å². The molecular formula is C25H40O3. The van der Waals surface area contributed by atoms with E-state index in [9.17, 15) is 9.90 Å². The number of unbranched alkanes of at least 4 members (excludes halogenated alkanes) is 11. The summed E-state index contributed by atoms with van der Waals surface area (Å²) in [7, 11) is 0. The molecule has 28 heavy (non-hydrogen) atoms. The van der Waals surface area contributed by atoms with Gasteiger partial charge in [0.15, 0.2) is 0 Å². The van der Waals surface area contributed by atoms with Crippen LogP contribution in [-0.4, -0.2) is 11.1 Å². The van der Waals surface area contributed by atoms with E-state index in [0.717, 1.165) is 19.3 Å². The van der Waals surface area contributed by atoms with Crippen LogP contribution in [0.5, 0.6) is 0 Å². The maximum absolute atomic E-state index is 11.8. The molecule has 0 fully saturated rings. The lowest BCUT2D eigenvalue weighted by Crippen LogP contribution is -2.10. The van der Waals surface area contributed by atoms with Crippen molar-refractivity contribution in [1.29, 1.82) is 0 Å². The number of hydrogen-bond acceptors (Lipinski definition) is 3. The molecule has 1 rings (SSSR count). The minimum Gasteiger partial charge on any atom is -0.431 e. The molecular weight excluding hydrogens is 348 g/mol. The van der Waals surface area contributed by atoms with Crippen LogP contribution in [0.15, 0.2) is 42.5 Å². The smallest absolute Gasteiger partial charge is 0.308 e. The average Bonchev–Trinajstić information content (AvgIpc) is 2.71. The van der Waals surface area contributed by atoms with Gasteiger partial charge in [-0.1, -0.05) is 101 Å². The Balaban J connectivity index is 1.88. The van der Waals surface area contributed by atoms with Crippen LogP contribution < -0.4 is 0 Å². The van der Waals surface area contributed by atoms with Crippen molar-refractivity contribution in [3.63, 3.8) is 0 Å². The number of aliphatic hydroxyl groups excluding tert-OH is 1. The summed E-state index contributed by atoms with van der Waals surface area (Å²) in [5.41, 5.74) is 0.611. The molecule has 3 heteroatoms. The van der Waals surface area contributed by atoms with E-state index in [0.29, 0.717) is 12.0 Å². The van der Waals surface area contributed by atoms with Crippen LogP contribution in [0.2, 0.25) is 0 Å². The fourth-order valence-electron chi connectivity index (χ4n) is 3.21. The number of rotatable bonds is 17. The molecule has 3 nitrogen and oxygen atoms in total. The van der Waals surface area contributed by atoms with Gasteiger partial charge in [0.25, 0.3) is 0 Å². The molecule has 1 unspecified atom stereocenters. The van der Waals surface area contributed by atoms with Crippen LogP contribution in [0.25, 0.3) is 0 Å². The minimum atomic E-state index is -1.16. The molecule has 1 aromatic carbocycles. The number of carbonyl (C=O) groups is 1. The molecule has 0 saturated carbocycles. The van der Waals surface area contributed by atoms with Crippen LogP contribution >= 0.6 is 0 Å². The summed E-state index contributed by atoms with van der Waals surface area (Å²) in [6.45, 7) is 2.26. The lowest BCUT2D eigenvalue weighted by atomic mass is 10.1. The van der Waals surface area contributed by atoms with Crippen LogP contribution in [0, 0.1) is 0 Å². The van der Waals surface area contributed by atoms with Gasteiger partial charge in [-0.15, -0.1) is 0 Å². The fraction of sp³-hybridized carbons (Fsp3) is 0.640. The summed E-state index contributed by atoms with van der Waals surface area (Å²) in [5, 5.41) is 9.87. The normalized spacial score (nSPS) is 12.4. The number of carbonyl (C=O) groups excluding carboxylic acids is 1. The van der Waals surface area contributed by atoms with Crippen molar-refractivity contribution in [2.24, 2.45) is 0 Å². The topological polar surface area (TPSA) is 46.5 Å². The monoisotopic (exact) mass is 388 g/mol. The van der Waals surface area contributed by atoms with E-state index < -0.39 is 6.29 Å². The van der Waals surface area contributed by atoms with Crippen LogP contribution in [0.3, 0.4) is 0 Å². The van der Waals surface area contributed by atoms with E-state index in [1.807, 2.05) is 18.2 Å². The number of hydrogen-bond donors (Lipinski definition) is 1. The molecule has 1 N–H and O–H groups in total. The zero-order valence-corrected chi connectivity index (χ0v) is 17.8. The number of ether oxygens (including phenoxy) is 1. The number of allylic oxidation sites excluding steroid dienone is 2. The fourth-order valence-corrected chi connectivity index (χ4v) is 3.21. The Morgan fingerprint density at radius 3 is 2.00 bits per heavy atom. The summed E-state index contributed by atoms with van der Waals surface area (Å²) in [4.78, 5) is 11.8. The van der Waals surface area contributed by atoms with Crippen LogP contribution in [-0.2, 0) is 9.53 Å². The lowest BCUT2D eigenvalue weighted by molar-refractivity contribution is -0.169. The first-order valence-electron chi connectivity index (χ1n) is 11.3. The van der Waals surface area contributed by atoms with E-state index in [1.165, 1.54) is 64.2 Å². The van der Waals surface area contributed by atoms with Crippen molar-refractivity contribution < 1.29 is 14.6 Å². The first-order chi connectivity index (χ1) is 13.7. The van der Waals surface area contributed by atoms with Gasteiger partial charge in [0.1, 0.15) is 0 Å². The third kappa shape index (κ3) is 13.5. The highest BCUT2D eigenvalue weighted by molar-refractivity contribution is 5.69. The largest absolute Gasteiger partial charge is 0.431 e. The van der Waals surface area contributed by atoms with Gasteiger partial charge in [0, 0.05) is 12.0 Å². The van der Waals surface area contributed by atoms with E-state index in [2.05, 4.69) is 19.1 Å². The maximum atomic E-state index is 11.8. The molecule has 0 aromatic heterocycles. The van der Waals surface area contributed by atoms with E-state index in [-0.39, 0.29) is 5.97 Å². The Bertz CT molecular complexity index is 510. The molecule has 0 saturated heterocycles. The predicted octanol–water partition coefficient (Wildman–Crippen LogP) is 7.26. The number of benzene rings is 1. The molecule has 0 aliphatic heterocycles. The zero-order valence-electron chi connectivity index (χ0n) is 17.8. The van der Waals surface area contributed by atoms with Crippen molar-refractivity contribution in [2.75, 3.05) is 0 Å². The van der Waals surface area contributed by atoms with E-state index in [1.54, 1.807) is 12.1 Å². The van der Waals surface area contributed by atoms with E-state index >= 15 is 0 Å². The molecule has 0 aliphatic rings. The highest BCUT2D eigenvalue weighted by Gasteiger charge is 2.12. The standard InChI is InChI=1S/C25H40O3/c1-2-3-4-5-6-7-8-9-10-11-12-13-14-15-19-22-24(26)28-25(27)23-20-17-16-18-21-23/h9-10,16-18,20-21,25,27H,2-8,11-15,19,22H2,1H3/b10-9-. The summed E-state index contributed by atoms with van der Waals surface area (Å²) in [6.07, 6.45) is 19.9. The maximum Gasteiger partial charge on any atom is 0.308 e. The first kappa shape index (κ1) is 24.4. The second kappa shape index (κ2) is 17.5.